The van der Waals surface area contributed by atoms with Gasteiger partial charge in [0.25, 0.3) is 0 Å². The number of hydrogen-bond donors (Lipinski definition) is 2. The van der Waals surface area contributed by atoms with Crippen LogP contribution in [0.15, 0.2) is 48.5 Å². The molecule has 28 heavy (non-hydrogen) atoms. The lowest BCUT2D eigenvalue weighted by atomic mass is 9.83. The highest BCUT2D eigenvalue weighted by Gasteiger charge is 2.31. The first-order valence-electron chi connectivity index (χ1n) is 9.98. The second-order valence-electron chi connectivity index (χ2n) is 7.10. The molecule has 2 aromatic rings. The summed E-state index contributed by atoms with van der Waals surface area (Å²) < 4.78 is 24.6. The summed E-state index contributed by atoms with van der Waals surface area (Å²) in [6.45, 7) is 1.60. The Kier molecular flexibility index (Phi) is 9.41. The highest BCUT2D eigenvalue weighted by molar-refractivity contribution is 5.41. The fraction of sp³-hybridized carbons (Fsp3) is 0.478. The molecule has 0 aliphatic heterocycles. The Morgan fingerprint density at radius 3 is 2.46 bits per heavy atom. The number of unbranched alkanes of at least 4 members (excludes halogenated alkanes) is 2. The molecule has 154 valence electrons. The van der Waals surface area contributed by atoms with E-state index in [1.165, 1.54) is 12.1 Å². The second kappa shape index (κ2) is 11.8. The molecule has 0 unspecified atom stereocenters. The minimum atomic E-state index is -0.995. The third-order valence-corrected chi connectivity index (χ3v) is 4.87. The molecule has 0 saturated carbocycles. The SMILES string of the molecule is CNCCCC[C@@](O)(CCCCOC)c1ccccc1Oc1cccc(F)c1. The number of ether oxygens (including phenoxy) is 2. The van der Waals surface area contributed by atoms with Gasteiger partial charge in [-0.05, 0) is 70.3 Å². The lowest BCUT2D eigenvalue weighted by Gasteiger charge is -2.31. The Labute approximate surface area is 167 Å². The van der Waals surface area contributed by atoms with Crippen LogP contribution < -0.4 is 10.1 Å². The molecule has 2 N–H and O–H groups in total. The topological polar surface area (TPSA) is 50.7 Å². The van der Waals surface area contributed by atoms with Crippen molar-refractivity contribution < 1.29 is 19.0 Å². The third kappa shape index (κ3) is 6.89. The molecule has 0 aliphatic rings. The van der Waals surface area contributed by atoms with Gasteiger partial charge >= 0.3 is 0 Å². The van der Waals surface area contributed by atoms with Crippen molar-refractivity contribution in [1.82, 2.24) is 5.32 Å². The van der Waals surface area contributed by atoms with Gasteiger partial charge in [-0.25, -0.2) is 4.39 Å². The monoisotopic (exact) mass is 389 g/mol. The first-order valence-corrected chi connectivity index (χ1v) is 9.98. The van der Waals surface area contributed by atoms with Crippen molar-refractivity contribution in [3.63, 3.8) is 0 Å². The Morgan fingerprint density at radius 2 is 1.75 bits per heavy atom. The average molecular weight is 390 g/mol. The third-order valence-electron chi connectivity index (χ3n) is 4.87. The van der Waals surface area contributed by atoms with Gasteiger partial charge in [0.15, 0.2) is 0 Å². The maximum absolute atomic E-state index is 13.5. The largest absolute Gasteiger partial charge is 0.457 e. The van der Waals surface area contributed by atoms with Gasteiger partial charge in [-0.2, -0.15) is 0 Å². The zero-order valence-corrected chi connectivity index (χ0v) is 16.9. The van der Waals surface area contributed by atoms with Crippen LogP contribution in [-0.2, 0) is 10.3 Å². The summed E-state index contributed by atoms with van der Waals surface area (Å²) in [6.07, 6.45) is 4.90. The summed E-state index contributed by atoms with van der Waals surface area (Å²) in [5.74, 6) is 0.636. The number of hydrogen-bond acceptors (Lipinski definition) is 4. The van der Waals surface area contributed by atoms with E-state index in [9.17, 15) is 9.50 Å². The number of para-hydroxylation sites is 1. The fourth-order valence-corrected chi connectivity index (χ4v) is 3.37. The van der Waals surface area contributed by atoms with Gasteiger partial charge in [0.05, 0.1) is 5.60 Å². The van der Waals surface area contributed by atoms with Crippen LogP contribution in [0.1, 0.15) is 44.1 Å². The van der Waals surface area contributed by atoms with Crippen LogP contribution in [0.5, 0.6) is 11.5 Å². The summed E-state index contributed by atoms with van der Waals surface area (Å²) in [6, 6.07) is 13.6. The maximum Gasteiger partial charge on any atom is 0.133 e. The number of methoxy groups -OCH3 is 1. The van der Waals surface area contributed by atoms with E-state index >= 15 is 0 Å². The minimum Gasteiger partial charge on any atom is -0.457 e. The van der Waals surface area contributed by atoms with E-state index in [4.69, 9.17) is 9.47 Å². The Hall–Kier alpha value is -1.95. The van der Waals surface area contributed by atoms with E-state index in [1.807, 2.05) is 31.3 Å². The number of halogens is 1. The molecule has 0 saturated heterocycles. The maximum atomic E-state index is 13.5. The predicted octanol–water partition coefficient (Wildman–Crippen LogP) is 5.01. The molecule has 0 amide bonds. The molecule has 0 aromatic heterocycles. The van der Waals surface area contributed by atoms with Crippen molar-refractivity contribution in [2.75, 3.05) is 27.3 Å². The van der Waals surface area contributed by atoms with Gasteiger partial charge in [-0.15, -0.1) is 0 Å². The molecule has 2 rings (SSSR count). The zero-order chi connectivity index (χ0) is 20.2. The molecule has 0 spiro atoms. The van der Waals surface area contributed by atoms with E-state index in [-0.39, 0.29) is 5.82 Å². The molecule has 1 atom stereocenters. The van der Waals surface area contributed by atoms with Gasteiger partial charge < -0.3 is 19.9 Å². The molecule has 4 nitrogen and oxygen atoms in total. The van der Waals surface area contributed by atoms with Gasteiger partial charge in [0, 0.05) is 25.3 Å². The van der Waals surface area contributed by atoms with Crippen LogP contribution in [0, 0.1) is 5.82 Å². The van der Waals surface area contributed by atoms with Crippen molar-refractivity contribution in [3.05, 3.63) is 59.9 Å². The molecule has 0 radical (unpaired) electrons. The number of nitrogens with one attached hydrogen (secondary N) is 1. The van der Waals surface area contributed by atoms with Crippen molar-refractivity contribution >= 4 is 0 Å². The summed E-state index contributed by atoms with van der Waals surface area (Å²) in [5.41, 5.74) is -0.244. The lowest BCUT2D eigenvalue weighted by molar-refractivity contribution is 0.0103. The first-order chi connectivity index (χ1) is 13.6. The van der Waals surface area contributed by atoms with Crippen molar-refractivity contribution in [1.29, 1.82) is 0 Å². The molecule has 0 fully saturated rings. The molecular weight excluding hydrogens is 357 g/mol. The van der Waals surface area contributed by atoms with Crippen LogP contribution in [0.3, 0.4) is 0 Å². The zero-order valence-electron chi connectivity index (χ0n) is 16.9. The van der Waals surface area contributed by atoms with Crippen LogP contribution in [0.2, 0.25) is 0 Å². The number of aliphatic hydroxyl groups is 1. The van der Waals surface area contributed by atoms with Crippen molar-refractivity contribution in [3.8, 4) is 11.5 Å². The summed E-state index contributed by atoms with van der Waals surface area (Å²) in [4.78, 5) is 0. The van der Waals surface area contributed by atoms with Gasteiger partial charge in [0.1, 0.15) is 17.3 Å². The standard InChI is InChI=1S/C23H32FNO3/c1-25-16-7-5-14-23(26,15-6-8-17-27-2)21-12-3-4-13-22(21)28-20-11-9-10-19(24)18-20/h3-4,9-13,18,25-26H,5-8,14-17H2,1-2H3/t23-/m1/s1. The van der Waals surface area contributed by atoms with E-state index < -0.39 is 5.60 Å². The average Bonchev–Trinajstić information content (AvgIpc) is 2.69. The molecule has 0 aliphatic carbocycles. The summed E-state index contributed by atoms with van der Waals surface area (Å²) in [5, 5.41) is 14.7. The van der Waals surface area contributed by atoms with Crippen molar-refractivity contribution in [2.24, 2.45) is 0 Å². The molecule has 5 heteroatoms. The molecule has 2 aromatic carbocycles. The van der Waals surface area contributed by atoms with E-state index in [0.29, 0.717) is 30.9 Å². The predicted molar refractivity (Wildman–Crippen MR) is 110 cm³/mol. The first kappa shape index (κ1) is 22.3. The Morgan fingerprint density at radius 1 is 1.00 bits per heavy atom. The van der Waals surface area contributed by atoms with Gasteiger partial charge in [-0.1, -0.05) is 24.3 Å². The second-order valence-corrected chi connectivity index (χ2v) is 7.10. The lowest BCUT2D eigenvalue weighted by Crippen LogP contribution is -2.27. The Balaban J connectivity index is 2.22. The summed E-state index contributed by atoms with van der Waals surface area (Å²) >= 11 is 0. The summed E-state index contributed by atoms with van der Waals surface area (Å²) in [7, 11) is 3.62. The van der Waals surface area contributed by atoms with E-state index in [2.05, 4.69) is 5.32 Å². The number of rotatable bonds is 13. The van der Waals surface area contributed by atoms with Gasteiger partial charge in [-0.3, -0.25) is 0 Å². The van der Waals surface area contributed by atoms with Crippen molar-refractivity contribution in [2.45, 2.75) is 44.1 Å². The van der Waals surface area contributed by atoms with E-state index in [1.54, 1.807) is 19.2 Å². The normalized spacial score (nSPS) is 13.3. The van der Waals surface area contributed by atoms with Crippen LogP contribution >= 0.6 is 0 Å². The van der Waals surface area contributed by atoms with Crippen LogP contribution in [0.25, 0.3) is 0 Å². The van der Waals surface area contributed by atoms with E-state index in [0.717, 1.165) is 37.8 Å². The number of benzene rings is 2. The molecular formula is C23H32FNO3. The Bertz CT molecular complexity index is 696. The van der Waals surface area contributed by atoms with Crippen LogP contribution in [0.4, 0.5) is 4.39 Å². The van der Waals surface area contributed by atoms with Crippen LogP contribution in [-0.4, -0.2) is 32.4 Å². The highest BCUT2D eigenvalue weighted by Crippen LogP contribution is 2.39. The highest BCUT2D eigenvalue weighted by atomic mass is 19.1. The van der Waals surface area contributed by atoms with Gasteiger partial charge in [0.2, 0.25) is 0 Å². The quantitative estimate of drug-likeness (QED) is 0.473. The molecule has 0 bridgehead atoms. The minimum absolute atomic E-state index is 0.350. The molecule has 0 heterocycles. The fourth-order valence-electron chi connectivity index (χ4n) is 3.37. The smallest absolute Gasteiger partial charge is 0.133 e.